The molecule has 1 N–H and O–H groups in total. The van der Waals surface area contributed by atoms with Gasteiger partial charge in [-0.2, -0.15) is 11.8 Å². The number of thioether (sulfide) groups is 1. The van der Waals surface area contributed by atoms with Gasteiger partial charge in [-0.25, -0.2) is 9.48 Å². The summed E-state index contributed by atoms with van der Waals surface area (Å²) in [7, 11) is 0. The fourth-order valence-electron chi connectivity index (χ4n) is 2.01. The van der Waals surface area contributed by atoms with Crippen LogP contribution in [-0.4, -0.2) is 38.1 Å². The predicted molar refractivity (Wildman–Crippen MR) is 76.7 cm³/mol. The Morgan fingerprint density at radius 3 is 2.95 bits per heavy atom. The van der Waals surface area contributed by atoms with E-state index in [0.29, 0.717) is 5.52 Å². The van der Waals surface area contributed by atoms with Crippen molar-refractivity contribution >= 4 is 28.8 Å². The van der Waals surface area contributed by atoms with Crippen molar-refractivity contribution in [1.82, 2.24) is 15.0 Å². The molecule has 2 aromatic rings. The molecule has 5 nitrogen and oxygen atoms in total. The lowest BCUT2D eigenvalue weighted by Crippen LogP contribution is -2.01. The summed E-state index contributed by atoms with van der Waals surface area (Å²) in [6.07, 6.45) is 5.50. The number of aromatic nitrogens is 3. The normalized spacial score (nSPS) is 11.0. The van der Waals surface area contributed by atoms with Crippen molar-refractivity contribution in [2.45, 2.75) is 25.8 Å². The van der Waals surface area contributed by atoms with E-state index in [0.717, 1.165) is 24.9 Å². The van der Waals surface area contributed by atoms with E-state index in [4.69, 9.17) is 5.11 Å². The number of nitrogens with zero attached hydrogens (tertiary/aromatic N) is 3. The summed E-state index contributed by atoms with van der Waals surface area (Å²) in [6, 6.07) is 5.16. The number of carbonyl (C=O) groups is 1. The first-order valence-corrected chi connectivity index (χ1v) is 7.68. The molecule has 1 aromatic carbocycles. The number of unbranched alkanes of at least 4 members (excludes halogenated alkanes) is 2. The molecule has 19 heavy (non-hydrogen) atoms. The van der Waals surface area contributed by atoms with Crippen molar-refractivity contribution in [3.05, 3.63) is 23.8 Å². The van der Waals surface area contributed by atoms with Gasteiger partial charge in [0.2, 0.25) is 0 Å². The third-order valence-corrected chi connectivity index (χ3v) is 3.69. The SMILES string of the molecule is CSCCCCCn1nnc2c(C(=O)O)cccc21. The molecule has 0 bridgehead atoms. The van der Waals surface area contributed by atoms with Crippen LogP contribution in [0.5, 0.6) is 0 Å². The summed E-state index contributed by atoms with van der Waals surface area (Å²) in [4.78, 5) is 11.1. The van der Waals surface area contributed by atoms with Gasteiger partial charge in [0.05, 0.1) is 11.1 Å². The molecule has 102 valence electrons. The largest absolute Gasteiger partial charge is 0.478 e. The highest BCUT2D eigenvalue weighted by molar-refractivity contribution is 7.98. The molecule has 0 fully saturated rings. The minimum absolute atomic E-state index is 0.214. The predicted octanol–water partition coefficient (Wildman–Crippen LogP) is 2.66. The molecular weight excluding hydrogens is 262 g/mol. The molecule has 0 amide bonds. The lowest BCUT2D eigenvalue weighted by atomic mass is 10.2. The molecule has 6 heteroatoms. The fourth-order valence-corrected chi connectivity index (χ4v) is 2.51. The summed E-state index contributed by atoms with van der Waals surface area (Å²) >= 11 is 1.86. The molecule has 0 unspecified atom stereocenters. The maximum atomic E-state index is 11.1. The third-order valence-electron chi connectivity index (χ3n) is 2.99. The van der Waals surface area contributed by atoms with E-state index in [9.17, 15) is 4.79 Å². The Bertz CT molecular complexity index is 568. The highest BCUT2D eigenvalue weighted by Crippen LogP contribution is 2.16. The van der Waals surface area contributed by atoms with Gasteiger partial charge in [-0.05, 0) is 37.0 Å². The van der Waals surface area contributed by atoms with Crippen molar-refractivity contribution in [2.75, 3.05) is 12.0 Å². The van der Waals surface area contributed by atoms with Gasteiger partial charge in [0, 0.05) is 6.54 Å². The first-order chi connectivity index (χ1) is 9.24. The highest BCUT2D eigenvalue weighted by Gasteiger charge is 2.13. The molecule has 1 heterocycles. The van der Waals surface area contributed by atoms with Crippen molar-refractivity contribution in [3.8, 4) is 0 Å². The Morgan fingerprint density at radius 2 is 2.21 bits per heavy atom. The van der Waals surface area contributed by atoms with Crippen LogP contribution in [0.25, 0.3) is 11.0 Å². The number of carboxylic acid groups (broad SMARTS) is 1. The summed E-state index contributed by atoms with van der Waals surface area (Å²) in [6.45, 7) is 0.786. The summed E-state index contributed by atoms with van der Waals surface area (Å²) in [5, 5.41) is 17.1. The molecule has 0 radical (unpaired) electrons. The Kier molecular flexibility index (Phi) is 4.79. The van der Waals surface area contributed by atoms with Gasteiger partial charge in [-0.1, -0.05) is 17.7 Å². The van der Waals surface area contributed by atoms with Crippen LogP contribution in [0.1, 0.15) is 29.6 Å². The van der Waals surface area contributed by atoms with Crippen LogP contribution >= 0.6 is 11.8 Å². The van der Waals surface area contributed by atoms with Crippen LogP contribution in [0.4, 0.5) is 0 Å². The number of benzene rings is 1. The van der Waals surface area contributed by atoms with E-state index in [1.165, 1.54) is 12.2 Å². The highest BCUT2D eigenvalue weighted by atomic mass is 32.2. The second kappa shape index (κ2) is 6.56. The fraction of sp³-hybridized carbons (Fsp3) is 0.462. The Balaban J connectivity index is 2.08. The molecular formula is C13H17N3O2S. The number of hydrogen-bond acceptors (Lipinski definition) is 4. The molecule has 0 saturated heterocycles. The summed E-state index contributed by atoms with van der Waals surface area (Å²) < 4.78 is 1.79. The second-order valence-corrected chi connectivity index (χ2v) is 5.33. The Morgan fingerprint density at radius 1 is 1.37 bits per heavy atom. The van der Waals surface area contributed by atoms with Crippen LogP contribution in [0, 0.1) is 0 Å². The zero-order valence-electron chi connectivity index (χ0n) is 10.9. The quantitative estimate of drug-likeness (QED) is 0.789. The van der Waals surface area contributed by atoms with E-state index in [2.05, 4.69) is 16.6 Å². The molecule has 0 spiro atoms. The number of aryl methyl sites for hydroxylation is 1. The lowest BCUT2D eigenvalue weighted by molar-refractivity contribution is 0.0699. The van der Waals surface area contributed by atoms with E-state index in [1.54, 1.807) is 16.8 Å². The summed E-state index contributed by atoms with van der Waals surface area (Å²) in [5.41, 5.74) is 1.48. The number of hydrogen-bond donors (Lipinski definition) is 1. The van der Waals surface area contributed by atoms with Crippen LogP contribution < -0.4 is 0 Å². The molecule has 0 aliphatic carbocycles. The molecule has 0 saturated carbocycles. The van der Waals surface area contributed by atoms with E-state index >= 15 is 0 Å². The molecule has 0 atom stereocenters. The van der Waals surface area contributed by atoms with Crippen molar-refractivity contribution < 1.29 is 9.90 Å². The maximum absolute atomic E-state index is 11.1. The monoisotopic (exact) mass is 279 g/mol. The van der Waals surface area contributed by atoms with Crippen molar-refractivity contribution in [1.29, 1.82) is 0 Å². The molecule has 0 aliphatic heterocycles. The number of aromatic carboxylic acids is 1. The Hall–Kier alpha value is -1.56. The van der Waals surface area contributed by atoms with Crippen molar-refractivity contribution in [3.63, 3.8) is 0 Å². The first-order valence-electron chi connectivity index (χ1n) is 6.28. The van der Waals surface area contributed by atoms with Gasteiger partial charge in [0.15, 0.2) is 0 Å². The van der Waals surface area contributed by atoms with Crippen LogP contribution in [0.3, 0.4) is 0 Å². The van der Waals surface area contributed by atoms with Gasteiger partial charge in [0.25, 0.3) is 0 Å². The van der Waals surface area contributed by atoms with Crippen LogP contribution in [0.2, 0.25) is 0 Å². The third kappa shape index (κ3) is 3.26. The smallest absolute Gasteiger partial charge is 0.338 e. The summed E-state index contributed by atoms with van der Waals surface area (Å²) in [5.74, 6) is 0.221. The molecule has 0 aliphatic rings. The topological polar surface area (TPSA) is 68.0 Å². The average Bonchev–Trinajstić information content (AvgIpc) is 2.81. The second-order valence-electron chi connectivity index (χ2n) is 4.34. The first kappa shape index (κ1) is 13.9. The van der Waals surface area contributed by atoms with Gasteiger partial charge in [-0.15, -0.1) is 5.10 Å². The zero-order valence-corrected chi connectivity index (χ0v) is 11.7. The van der Waals surface area contributed by atoms with E-state index < -0.39 is 5.97 Å². The molecule has 1 aromatic heterocycles. The van der Waals surface area contributed by atoms with E-state index in [1.807, 2.05) is 17.8 Å². The van der Waals surface area contributed by atoms with Gasteiger partial charge >= 0.3 is 5.97 Å². The van der Waals surface area contributed by atoms with Crippen LogP contribution in [-0.2, 0) is 6.54 Å². The lowest BCUT2D eigenvalue weighted by Gasteiger charge is -2.02. The van der Waals surface area contributed by atoms with Gasteiger partial charge in [0.1, 0.15) is 5.52 Å². The van der Waals surface area contributed by atoms with Crippen LogP contribution in [0.15, 0.2) is 18.2 Å². The average molecular weight is 279 g/mol. The Labute approximate surface area is 116 Å². The van der Waals surface area contributed by atoms with Gasteiger partial charge < -0.3 is 5.11 Å². The number of fused-ring (bicyclic) bond motifs is 1. The van der Waals surface area contributed by atoms with E-state index in [-0.39, 0.29) is 5.56 Å². The number of rotatable bonds is 7. The zero-order chi connectivity index (χ0) is 13.7. The van der Waals surface area contributed by atoms with Crippen molar-refractivity contribution in [2.24, 2.45) is 0 Å². The maximum Gasteiger partial charge on any atom is 0.338 e. The minimum Gasteiger partial charge on any atom is -0.478 e. The molecule has 2 rings (SSSR count). The standard InChI is InChI=1S/C13H17N3O2S/c1-19-9-4-2-3-8-16-11-7-5-6-10(13(17)18)12(11)14-15-16/h5-7H,2-4,8-9H2,1H3,(H,17,18). The van der Waals surface area contributed by atoms with Gasteiger partial charge in [-0.3, -0.25) is 0 Å². The number of carboxylic acids is 1. The minimum atomic E-state index is -0.961.